The van der Waals surface area contributed by atoms with Crippen LogP contribution in [0, 0.1) is 5.82 Å². The van der Waals surface area contributed by atoms with Crippen LogP contribution in [0.3, 0.4) is 0 Å². The van der Waals surface area contributed by atoms with Crippen LogP contribution in [0.2, 0.25) is 0 Å². The highest BCUT2D eigenvalue weighted by molar-refractivity contribution is 9.10. The van der Waals surface area contributed by atoms with Crippen molar-refractivity contribution in [2.24, 2.45) is 5.73 Å². The number of carbonyl (C=O) groups is 1. The molecule has 0 heterocycles. The molecular formula is C15H14BrFN2O. The highest BCUT2D eigenvalue weighted by atomic mass is 79.9. The van der Waals surface area contributed by atoms with Crippen LogP contribution in [0.5, 0.6) is 0 Å². The molecule has 3 N–H and O–H groups in total. The highest BCUT2D eigenvalue weighted by Gasteiger charge is 2.13. The predicted molar refractivity (Wildman–Crippen MR) is 79.6 cm³/mol. The molecule has 0 spiro atoms. The second kappa shape index (κ2) is 6.63. The quantitative estimate of drug-likeness (QED) is 0.901. The van der Waals surface area contributed by atoms with Crippen LogP contribution >= 0.6 is 15.9 Å². The molecule has 0 saturated carbocycles. The van der Waals surface area contributed by atoms with Gasteiger partial charge in [-0.3, -0.25) is 4.79 Å². The average Bonchev–Trinajstić information content (AvgIpc) is 2.48. The Morgan fingerprint density at radius 2 is 1.85 bits per heavy atom. The van der Waals surface area contributed by atoms with Gasteiger partial charge in [-0.05, 0) is 39.2 Å². The third-order valence-electron chi connectivity index (χ3n) is 2.97. The number of nitrogens with two attached hydrogens (primary N) is 1. The number of benzene rings is 2. The maximum Gasteiger partial charge on any atom is 0.252 e. The van der Waals surface area contributed by atoms with Gasteiger partial charge in [-0.25, -0.2) is 4.39 Å². The Bertz CT molecular complexity index is 631. The van der Waals surface area contributed by atoms with E-state index in [1.54, 1.807) is 6.07 Å². The van der Waals surface area contributed by atoms with Gasteiger partial charge in [0.2, 0.25) is 0 Å². The predicted octanol–water partition coefficient (Wildman–Crippen LogP) is 2.98. The normalized spacial score (nSPS) is 10.3. The number of amides is 1. The Morgan fingerprint density at radius 1 is 1.15 bits per heavy atom. The largest absolute Gasteiger partial charge is 0.348 e. The van der Waals surface area contributed by atoms with Crippen LogP contribution in [0.1, 0.15) is 21.5 Å². The number of hydrogen-bond acceptors (Lipinski definition) is 2. The van der Waals surface area contributed by atoms with E-state index in [1.807, 2.05) is 24.3 Å². The standard InChI is InChI=1S/C15H14BrFN2O/c16-14-12(6-3-7-13(14)17)15(20)19-9-11-5-2-1-4-10(11)8-18/h1-7H,8-9,18H2,(H,19,20). The molecule has 0 bridgehead atoms. The van der Waals surface area contributed by atoms with E-state index in [4.69, 9.17) is 5.73 Å². The van der Waals surface area contributed by atoms with Gasteiger partial charge >= 0.3 is 0 Å². The monoisotopic (exact) mass is 336 g/mol. The lowest BCUT2D eigenvalue weighted by Gasteiger charge is -2.10. The lowest BCUT2D eigenvalue weighted by Crippen LogP contribution is -2.24. The lowest BCUT2D eigenvalue weighted by molar-refractivity contribution is 0.0949. The highest BCUT2D eigenvalue weighted by Crippen LogP contribution is 2.20. The zero-order chi connectivity index (χ0) is 14.5. The Hall–Kier alpha value is -1.72. The van der Waals surface area contributed by atoms with Gasteiger partial charge in [0.05, 0.1) is 10.0 Å². The summed E-state index contributed by atoms with van der Waals surface area (Å²) < 4.78 is 13.5. The zero-order valence-electron chi connectivity index (χ0n) is 10.7. The van der Waals surface area contributed by atoms with Gasteiger partial charge in [0.1, 0.15) is 5.82 Å². The van der Waals surface area contributed by atoms with Crippen LogP contribution in [0.15, 0.2) is 46.9 Å². The van der Waals surface area contributed by atoms with E-state index in [1.165, 1.54) is 12.1 Å². The van der Waals surface area contributed by atoms with Crippen molar-refractivity contribution < 1.29 is 9.18 Å². The molecule has 5 heteroatoms. The summed E-state index contributed by atoms with van der Waals surface area (Å²) in [6.45, 7) is 0.769. The van der Waals surface area contributed by atoms with Gasteiger partial charge in [0.25, 0.3) is 5.91 Å². The SMILES string of the molecule is NCc1ccccc1CNC(=O)c1cccc(F)c1Br. The minimum Gasteiger partial charge on any atom is -0.348 e. The summed E-state index contributed by atoms with van der Waals surface area (Å²) in [7, 11) is 0. The van der Waals surface area contributed by atoms with Crippen molar-refractivity contribution in [3.8, 4) is 0 Å². The molecule has 20 heavy (non-hydrogen) atoms. The lowest BCUT2D eigenvalue weighted by atomic mass is 10.1. The Balaban J connectivity index is 2.11. The number of halogens is 2. The summed E-state index contributed by atoms with van der Waals surface area (Å²) in [5.74, 6) is -0.789. The molecule has 0 saturated heterocycles. The van der Waals surface area contributed by atoms with E-state index >= 15 is 0 Å². The number of nitrogens with one attached hydrogen (secondary N) is 1. The Kier molecular flexibility index (Phi) is 4.87. The molecule has 104 valence electrons. The first-order valence-corrected chi connectivity index (χ1v) is 6.92. The molecule has 0 aromatic heterocycles. The van der Waals surface area contributed by atoms with Crippen LogP contribution in [-0.4, -0.2) is 5.91 Å². The minimum absolute atomic E-state index is 0.171. The molecule has 0 fully saturated rings. The van der Waals surface area contributed by atoms with Crippen molar-refractivity contribution in [3.05, 3.63) is 69.4 Å². The molecular weight excluding hydrogens is 323 g/mol. The van der Waals surface area contributed by atoms with Crippen molar-refractivity contribution in [2.45, 2.75) is 13.1 Å². The van der Waals surface area contributed by atoms with Crippen molar-refractivity contribution in [1.29, 1.82) is 0 Å². The van der Waals surface area contributed by atoms with E-state index < -0.39 is 5.82 Å². The maximum absolute atomic E-state index is 13.4. The molecule has 0 atom stereocenters. The molecule has 3 nitrogen and oxygen atoms in total. The molecule has 2 rings (SSSR count). The van der Waals surface area contributed by atoms with Crippen molar-refractivity contribution in [1.82, 2.24) is 5.32 Å². The minimum atomic E-state index is -0.458. The fourth-order valence-electron chi connectivity index (χ4n) is 1.88. The molecule has 0 aliphatic rings. The second-order valence-corrected chi connectivity index (χ2v) is 5.05. The third-order valence-corrected chi connectivity index (χ3v) is 3.78. The third kappa shape index (κ3) is 3.23. The molecule has 1 amide bonds. The fourth-order valence-corrected chi connectivity index (χ4v) is 2.32. The van der Waals surface area contributed by atoms with Gasteiger partial charge in [0.15, 0.2) is 0 Å². The smallest absolute Gasteiger partial charge is 0.252 e. The second-order valence-electron chi connectivity index (χ2n) is 4.26. The summed E-state index contributed by atoms with van der Waals surface area (Å²) in [5.41, 5.74) is 7.85. The average molecular weight is 337 g/mol. The summed E-state index contributed by atoms with van der Waals surface area (Å²) in [4.78, 5) is 12.1. The number of carbonyl (C=O) groups excluding carboxylic acids is 1. The molecule has 2 aromatic carbocycles. The van der Waals surface area contributed by atoms with Gasteiger partial charge in [-0.15, -0.1) is 0 Å². The zero-order valence-corrected chi connectivity index (χ0v) is 12.3. The molecule has 0 aliphatic carbocycles. The number of rotatable bonds is 4. The Morgan fingerprint density at radius 3 is 2.55 bits per heavy atom. The summed E-state index contributed by atoms with van der Waals surface area (Å²) in [6, 6.07) is 12.0. The summed E-state index contributed by atoms with van der Waals surface area (Å²) in [5, 5.41) is 2.77. The van der Waals surface area contributed by atoms with Crippen LogP contribution in [-0.2, 0) is 13.1 Å². The van der Waals surface area contributed by atoms with Crippen LogP contribution < -0.4 is 11.1 Å². The van der Waals surface area contributed by atoms with Crippen molar-refractivity contribution in [2.75, 3.05) is 0 Å². The van der Waals surface area contributed by atoms with E-state index in [0.717, 1.165) is 11.1 Å². The molecule has 0 unspecified atom stereocenters. The maximum atomic E-state index is 13.4. The van der Waals surface area contributed by atoms with Gasteiger partial charge in [-0.2, -0.15) is 0 Å². The van der Waals surface area contributed by atoms with E-state index in [2.05, 4.69) is 21.2 Å². The van der Waals surface area contributed by atoms with E-state index in [9.17, 15) is 9.18 Å². The van der Waals surface area contributed by atoms with Gasteiger partial charge < -0.3 is 11.1 Å². The summed E-state index contributed by atoms with van der Waals surface area (Å²) >= 11 is 3.08. The molecule has 0 aliphatic heterocycles. The van der Waals surface area contributed by atoms with Gasteiger partial charge in [-0.1, -0.05) is 30.3 Å². The fraction of sp³-hybridized carbons (Fsp3) is 0.133. The first-order chi connectivity index (χ1) is 9.63. The summed E-state index contributed by atoms with van der Waals surface area (Å²) in [6.07, 6.45) is 0. The van der Waals surface area contributed by atoms with Crippen LogP contribution in [0.4, 0.5) is 4.39 Å². The first kappa shape index (κ1) is 14.7. The van der Waals surface area contributed by atoms with Gasteiger partial charge in [0, 0.05) is 13.1 Å². The van der Waals surface area contributed by atoms with E-state index in [0.29, 0.717) is 13.1 Å². The Labute approximate surface area is 125 Å². The van der Waals surface area contributed by atoms with Crippen molar-refractivity contribution in [3.63, 3.8) is 0 Å². The first-order valence-electron chi connectivity index (χ1n) is 6.12. The van der Waals surface area contributed by atoms with Crippen LogP contribution in [0.25, 0.3) is 0 Å². The molecule has 0 radical (unpaired) electrons. The van der Waals surface area contributed by atoms with E-state index in [-0.39, 0.29) is 15.9 Å². The van der Waals surface area contributed by atoms with Crippen molar-refractivity contribution >= 4 is 21.8 Å². The molecule has 2 aromatic rings. The topological polar surface area (TPSA) is 55.1 Å². The number of hydrogen-bond donors (Lipinski definition) is 2.